The van der Waals surface area contributed by atoms with Crippen LogP contribution in [0.5, 0.6) is 0 Å². The molecule has 15 atom stereocenters. The summed E-state index contributed by atoms with van der Waals surface area (Å²) in [6.45, 7) is 74.2. The van der Waals surface area contributed by atoms with Crippen LogP contribution in [0.1, 0.15) is 278 Å². The topological polar surface area (TPSA) is 240 Å². The third-order valence-electron chi connectivity index (χ3n) is 24.4. The fraction of sp³-hybridized carbons (Fsp3) is 0.784. The van der Waals surface area contributed by atoms with Gasteiger partial charge in [-0.2, -0.15) is 0 Å². The van der Waals surface area contributed by atoms with Crippen molar-refractivity contribution in [3.8, 4) is 0 Å². The Morgan fingerprint density at radius 1 is 0.664 bits per heavy atom. The van der Waals surface area contributed by atoms with E-state index >= 15 is 0 Å². The molecule has 0 radical (unpaired) electrons. The summed E-state index contributed by atoms with van der Waals surface area (Å²) in [5.74, 6) is 2.17. The van der Waals surface area contributed by atoms with Crippen LogP contribution >= 0.6 is 66.1 Å². The Morgan fingerprint density at radius 2 is 1.10 bits per heavy atom. The molecule has 634 valence electrons. The number of fused-ring (bicyclic) bond motifs is 1. The summed E-state index contributed by atoms with van der Waals surface area (Å²) < 4.78 is 22.7. The van der Waals surface area contributed by atoms with Crippen LogP contribution in [0.25, 0.3) is 6.08 Å². The number of nitrogens with zero attached hydrogens (tertiary/aromatic N) is 3. The molecule has 0 aliphatic carbocycles. The monoisotopic (exact) mass is 1650 g/mol. The summed E-state index contributed by atoms with van der Waals surface area (Å²) in [5, 5.41) is 49.6. The van der Waals surface area contributed by atoms with Gasteiger partial charge in [-0.1, -0.05) is 255 Å². The van der Waals surface area contributed by atoms with Crippen molar-refractivity contribution in [3.05, 3.63) is 70.4 Å². The number of epoxide rings is 1. The van der Waals surface area contributed by atoms with Crippen molar-refractivity contribution in [1.82, 2.24) is 20.3 Å². The van der Waals surface area contributed by atoms with E-state index in [4.69, 9.17) is 35.7 Å². The Hall–Kier alpha value is -2.96. The number of halogens is 1. The van der Waals surface area contributed by atoms with Crippen LogP contribution in [0, 0.1) is 103 Å². The Balaban J connectivity index is 0.000000752. The maximum atomic E-state index is 14.0. The number of aryl methyl sites for hydroxylation is 1. The van der Waals surface area contributed by atoms with Crippen molar-refractivity contribution in [2.75, 3.05) is 24.7 Å². The summed E-state index contributed by atoms with van der Waals surface area (Å²) in [6.07, 6.45) is 5.73. The third-order valence-corrected chi connectivity index (χ3v) is 29.8. The van der Waals surface area contributed by atoms with Crippen LogP contribution in [-0.4, -0.2) is 132 Å². The summed E-state index contributed by atoms with van der Waals surface area (Å²) in [6, 6.07) is 11.3. The quantitative estimate of drug-likeness (QED) is 0.0246. The molecular formula is C88H153ClN4O12S5. The van der Waals surface area contributed by atoms with Crippen LogP contribution < -0.4 is 5.32 Å². The number of ether oxygens (including phenoxy) is 4. The van der Waals surface area contributed by atoms with Gasteiger partial charge in [0, 0.05) is 52.7 Å². The molecule has 3 aromatic heterocycles. The maximum Gasteiger partial charge on any atom is 0.508 e. The number of aliphatic hydroxyl groups is 4. The molecule has 2 aliphatic rings. The second-order valence-corrected chi connectivity index (χ2v) is 45.9. The second kappa shape index (κ2) is 45.1. The number of hydrogen-bond acceptors (Lipinski definition) is 20. The number of amides is 1. The third kappa shape index (κ3) is 35.9. The Labute approximate surface area is 693 Å². The van der Waals surface area contributed by atoms with Gasteiger partial charge in [0.2, 0.25) is 5.91 Å². The van der Waals surface area contributed by atoms with E-state index in [9.17, 15) is 34.5 Å². The summed E-state index contributed by atoms with van der Waals surface area (Å²) >= 11 is 6.98. The van der Waals surface area contributed by atoms with E-state index in [1.165, 1.54) is 0 Å². The molecule has 1 amide bonds. The Morgan fingerprint density at radius 3 is 1.49 bits per heavy atom. The van der Waals surface area contributed by atoms with Crippen LogP contribution in [0.2, 0.25) is 0 Å². The van der Waals surface area contributed by atoms with Gasteiger partial charge in [-0.15, -0.1) is 11.3 Å². The average Bonchev–Trinajstić information content (AvgIpc) is 1.52. The number of pyridine rings is 2. The summed E-state index contributed by atoms with van der Waals surface area (Å²) in [5.41, 5.74) is -0.768. The molecule has 0 spiro atoms. The van der Waals surface area contributed by atoms with Crippen LogP contribution in [0.4, 0.5) is 9.59 Å². The fourth-order valence-electron chi connectivity index (χ4n) is 12.6. The molecule has 16 nitrogen and oxygen atoms in total. The van der Waals surface area contributed by atoms with Gasteiger partial charge >= 0.3 is 11.6 Å². The average molecular weight is 1650 g/mol. The van der Waals surface area contributed by atoms with Crippen molar-refractivity contribution in [2.24, 2.45) is 96.1 Å². The predicted molar refractivity (Wildman–Crippen MR) is 468 cm³/mol. The van der Waals surface area contributed by atoms with Crippen molar-refractivity contribution < 1.29 is 58.6 Å². The number of carbonyl (C=O) groups excluding carboxylic acids is 4. The number of hydrogen-bond donors (Lipinski definition) is 5. The Kier molecular flexibility index (Phi) is 43.1. The SMILES string of the molecule is C/C(=C\c1csc(C)n1)C1C[C@@H]2O[C@]2(C)CCCC(C)(C)[C@H](C)[C@H](O)[C@@H](C)C(C)(C)C(=O)C(C)(C)[C@@H](O)CC(=O)N1.CC(C(O)[C@@H](C)C(C)(C)C)C(C)(C)C.CC(C(OC(=O)Cl)[C@@H](C)C(C)(C)C)C(C)(C)C.C[C@H](C(OC(=O)OCCSSc1ccccn1)[C@@H](C)C(C)(C)C)C(C)(C)C.OCCSSc1ccccn1. The zero-order valence-electron chi connectivity index (χ0n) is 74.6. The first kappa shape index (κ1) is 105. The highest BCUT2D eigenvalue weighted by atomic mass is 35.5. The summed E-state index contributed by atoms with van der Waals surface area (Å²) in [7, 11) is 6.39. The molecule has 5 rings (SSSR count). The first-order chi connectivity index (χ1) is 49.9. The van der Waals surface area contributed by atoms with Crippen molar-refractivity contribution in [3.63, 3.8) is 0 Å². The van der Waals surface area contributed by atoms with Crippen molar-refractivity contribution in [2.45, 2.75) is 333 Å². The first-order valence-corrected chi connectivity index (χ1v) is 45.7. The maximum absolute atomic E-state index is 14.0. The molecular weight excluding hydrogens is 1500 g/mol. The van der Waals surface area contributed by atoms with Gasteiger partial charge in [0.15, 0.2) is 0 Å². The zero-order valence-corrected chi connectivity index (χ0v) is 79.5. The molecule has 0 aromatic carbocycles. The number of aliphatic hydroxyl groups excluding tert-OH is 4. The molecule has 22 heteroatoms. The predicted octanol–water partition coefficient (Wildman–Crippen LogP) is 23.4. The number of Topliss-reactive ketones (excluding diaryl/α,β-unsaturated/α-hetero) is 1. The lowest BCUT2D eigenvalue weighted by Gasteiger charge is -2.45. The minimum atomic E-state index is -1.18. The minimum Gasteiger partial charge on any atom is -0.450 e. The van der Waals surface area contributed by atoms with Gasteiger partial charge in [0.25, 0.3) is 0 Å². The van der Waals surface area contributed by atoms with Crippen LogP contribution in [0.15, 0.2) is 69.8 Å². The van der Waals surface area contributed by atoms with Gasteiger partial charge in [-0.05, 0) is 183 Å². The lowest BCUT2D eigenvalue weighted by molar-refractivity contribution is -0.150. The molecule has 5 unspecified atom stereocenters. The smallest absolute Gasteiger partial charge is 0.450 e. The lowest BCUT2D eigenvalue weighted by Crippen LogP contribution is -2.52. The standard InChI is InChI=1S/C33H54N2O5S.C21H35NO3S2.C14H27ClO2.C13H28O.C7H9NOS2/c1-19(15-23-18-41-22(4)34-23)24-16-26-33(11,40-26)14-12-13-30(5,6)20(2)28(38)21(3)31(7,8)29(39)32(9,10)25(36)17-27(37)35-24;1-15(20(3,4)5)18(16(2)21(6,7)8)25-19(23)24-13-14-26-27-17-11-9-10-12-22-17;1-9(13(3,4)5)11(17-12(15)16)10(2)14(6,7)8;1-9(12(3,4)5)11(14)10(2)13(6,7)8;9-5-6-10-11-7-3-1-2-4-8-7/h15,18,20-21,24-26,28,36,38H,12-14,16-17H2,1-11H3,(H,35,37);9-12,15-16,18H,13-14H2,1-8H3;9-11H,1-8H3;9-11,14H,1-8H3;1-4,9H,5-6H2/b19-15+;;;;/t20-,21-,24?,25+,26+,28+,33-;15-,16-;2*9-,10?,11?;/m1111./s1. The van der Waals surface area contributed by atoms with E-state index in [-0.39, 0.29) is 134 Å². The van der Waals surface area contributed by atoms with Gasteiger partial charge in [0.05, 0.1) is 65.2 Å². The van der Waals surface area contributed by atoms with E-state index < -0.39 is 34.6 Å². The largest absolute Gasteiger partial charge is 0.508 e. The highest BCUT2D eigenvalue weighted by Gasteiger charge is 2.54. The number of nitrogens with one attached hydrogen (secondary N) is 1. The van der Waals surface area contributed by atoms with E-state index in [1.54, 1.807) is 80.8 Å². The molecule has 0 saturated carbocycles. The Bertz CT molecular complexity index is 3160. The number of carbonyl (C=O) groups is 4. The van der Waals surface area contributed by atoms with Gasteiger partial charge < -0.3 is 44.7 Å². The van der Waals surface area contributed by atoms with Crippen LogP contribution in [0.3, 0.4) is 0 Å². The molecule has 2 fully saturated rings. The van der Waals surface area contributed by atoms with E-state index in [2.05, 4.69) is 214 Å². The van der Waals surface area contributed by atoms with Gasteiger partial charge in [-0.25, -0.2) is 24.5 Å². The number of rotatable bonds is 19. The van der Waals surface area contributed by atoms with E-state index in [1.807, 2.05) is 82.5 Å². The molecule has 0 bridgehead atoms. The molecule has 2 saturated heterocycles. The number of thiazole rings is 1. The van der Waals surface area contributed by atoms with Crippen molar-refractivity contribution in [1.29, 1.82) is 0 Å². The van der Waals surface area contributed by atoms with Crippen molar-refractivity contribution >= 4 is 95.5 Å². The van der Waals surface area contributed by atoms with Crippen LogP contribution in [-0.2, 0) is 28.5 Å². The molecule has 5 heterocycles. The van der Waals surface area contributed by atoms with E-state index in [0.717, 1.165) is 51.3 Å². The lowest BCUT2D eigenvalue weighted by atomic mass is 9.60. The molecule has 5 N–H and O–H groups in total. The zero-order chi connectivity index (χ0) is 85.5. The number of ketones is 1. The highest BCUT2D eigenvalue weighted by Crippen LogP contribution is 2.49. The minimum absolute atomic E-state index is 0.00194. The van der Waals surface area contributed by atoms with Gasteiger partial charge in [0.1, 0.15) is 34.6 Å². The molecule has 110 heavy (non-hydrogen) atoms. The normalized spacial score (nSPS) is 23.8. The second-order valence-electron chi connectivity index (χ2n) is 39.6. The number of aromatic nitrogens is 3. The fourth-order valence-corrected chi connectivity index (χ4v) is 16.7. The first-order valence-electron chi connectivity index (χ1n) is 39.8. The highest BCUT2D eigenvalue weighted by molar-refractivity contribution is 8.77. The molecule has 3 aromatic rings. The summed E-state index contributed by atoms with van der Waals surface area (Å²) in [4.78, 5) is 63.5. The molecule has 2 aliphatic heterocycles. The van der Waals surface area contributed by atoms with Gasteiger partial charge in [-0.3, -0.25) is 9.59 Å². The van der Waals surface area contributed by atoms with E-state index in [0.29, 0.717) is 30.6 Å².